The number of carbonyl (C=O) groups is 1. The highest BCUT2D eigenvalue weighted by atomic mass is 16.5. The molecule has 0 heterocycles. The first-order valence-electron chi connectivity index (χ1n) is 6.69. The van der Waals surface area contributed by atoms with E-state index >= 15 is 0 Å². The second-order valence-corrected chi connectivity index (χ2v) is 4.25. The molecule has 0 radical (unpaired) electrons. The molecule has 0 aliphatic heterocycles. The van der Waals surface area contributed by atoms with Gasteiger partial charge in [-0.1, -0.05) is 45.3 Å². The number of esters is 1. The van der Waals surface area contributed by atoms with Crippen molar-refractivity contribution in [2.24, 2.45) is 0 Å². The summed E-state index contributed by atoms with van der Waals surface area (Å²) >= 11 is 0. The topological polar surface area (TPSA) is 46.5 Å². The van der Waals surface area contributed by atoms with E-state index in [-0.39, 0.29) is 12.4 Å². The van der Waals surface area contributed by atoms with E-state index in [4.69, 9.17) is 4.74 Å². The quantitative estimate of drug-likeness (QED) is 0.363. The summed E-state index contributed by atoms with van der Waals surface area (Å²) in [5.41, 5.74) is 0. The fourth-order valence-electron chi connectivity index (χ4n) is 1.47. The molecule has 1 N–H and O–H groups in total. The maximum atomic E-state index is 11.3. The number of carbonyl (C=O) groups excluding carboxylic acids is 1. The van der Waals surface area contributed by atoms with E-state index in [1.807, 2.05) is 19.1 Å². The van der Waals surface area contributed by atoms with Gasteiger partial charge in [-0.05, 0) is 19.3 Å². The van der Waals surface area contributed by atoms with Crippen LogP contribution in [0.4, 0.5) is 0 Å². The van der Waals surface area contributed by atoms with Crippen LogP contribution in [0, 0.1) is 0 Å². The van der Waals surface area contributed by atoms with Crippen LogP contribution in [0.15, 0.2) is 12.2 Å². The van der Waals surface area contributed by atoms with Gasteiger partial charge in [0.1, 0.15) is 0 Å². The first-order valence-corrected chi connectivity index (χ1v) is 6.69. The van der Waals surface area contributed by atoms with Crippen molar-refractivity contribution in [3.05, 3.63) is 12.2 Å². The summed E-state index contributed by atoms with van der Waals surface area (Å²) in [5, 5.41) is 9.53. The molecule has 1 atom stereocenters. The summed E-state index contributed by atoms with van der Waals surface area (Å²) < 4.78 is 5.04. The lowest BCUT2D eigenvalue weighted by Gasteiger charge is -2.08. The van der Waals surface area contributed by atoms with Crippen LogP contribution in [0.25, 0.3) is 0 Å². The van der Waals surface area contributed by atoms with Gasteiger partial charge in [0.2, 0.25) is 0 Å². The highest BCUT2D eigenvalue weighted by molar-refractivity contribution is 5.69. The number of unbranched alkanes of at least 4 members (excludes halogenated alkanes) is 3. The minimum Gasteiger partial charge on any atom is -0.466 e. The normalized spacial score (nSPS) is 12.9. The zero-order valence-electron chi connectivity index (χ0n) is 11.2. The number of rotatable bonds is 10. The SMILES string of the molecule is CCC=CCC(O)CC(=O)OCCCCCC. The average Bonchev–Trinajstić information content (AvgIpc) is 2.29. The Morgan fingerprint density at radius 3 is 2.65 bits per heavy atom. The molecule has 0 aromatic heterocycles. The fourth-order valence-corrected chi connectivity index (χ4v) is 1.47. The predicted octanol–water partition coefficient (Wildman–Crippen LogP) is 3.22. The third-order valence-electron chi connectivity index (χ3n) is 2.47. The van der Waals surface area contributed by atoms with Crippen molar-refractivity contribution in [2.45, 2.75) is 64.9 Å². The van der Waals surface area contributed by atoms with Gasteiger partial charge in [0.15, 0.2) is 0 Å². The van der Waals surface area contributed by atoms with Crippen LogP contribution in [0.1, 0.15) is 58.8 Å². The molecule has 17 heavy (non-hydrogen) atoms. The zero-order valence-corrected chi connectivity index (χ0v) is 11.2. The van der Waals surface area contributed by atoms with E-state index in [0.29, 0.717) is 13.0 Å². The molecule has 100 valence electrons. The largest absolute Gasteiger partial charge is 0.466 e. The zero-order chi connectivity index (χ0) is 12.9. The number of aliphatic hydroxyl groups is 1. The Labute approximate surface area is 105 Å². The summed E-state index contributed by atoms with van der Waals surface area (Å²) in [5.74, 6) is -0.293. The average molecular weight is 242 g/mol. The number of allylic oxidation sites excluding steroid dienone is 1. The van der Waals surface area contributed by atoms with Crippen LogP contribution in [0.3, 0.4) is 0 Å². The lowest BCUT2D eigenvalue weighted by Crippen LogP contribution is -2.15. The van der Waals surface area contributed by atoms with Gasteiger partial charge in [-0.3, -0.25) is 4.79 Å². The monoisotopic (exact) mass is 242 g/mol. The lowest BCUT2D eigenvalue weighted by atomic mass is 10.1. The number of ether oxygens (including phenoxy) is 1. The molecule has 0 saturated carbocycles. The predicted molar refractivity (Wildman–Crippen MR) is 69.8 cm³/mol. The molecule has 0 rings (SSSR count). The maximum absolute atomic E-state index is 11.3. The molecule has 0 aromatic carbocycles. The standard InChI is InChI=1S/C14H26O3/c1-3-5-7-9-11-17-14(16)12-13(15)10-8-6-4-2/h6,8,13,15H,3-5,7,9-12H2,1-2H3. The Balaban J connectivity index is 3.47. The molecule has 0 spiro atoms. The Kier molecular flexibility index (Phi) is 11.1. The van der Waals surface area contributed by atoms with E-state index in [0.717, 1.165) is 19.3 Å². The van der Waals surface area contributed by atoms with Gasteiger partial charge >= 0.3 is 5.97 Å². The van der Waals surface area contributed by atoms with Gasteiger partial charge in [-0.2, -0.15) is 0 Å². The van der Waals surface area contributed by atoms with E-state index in [1.165, 1.54) is 12.8 Å². The molecule has 0 aromatic rings. The second kappa shape index (κ2) is 11.6. The number of hydrogen-bond donors (Lipinski definition) is 1. The Bertz CT molecular complexity index is 212. The molecule has 0 bridgehead atoms. The minimum absolute atomic E-state index is 0.0990. The van der Waals surface area contributed by atoms with Crippen molar-refractivity contribution in [3.63, 3.8) is 0 Å². The van der Waals surface area contributed by atoms with E-state index in [9.17, 15) is 9.90 Å². The van der Waals surface area contributed by atoms with Crippen molar-refractivity contribution in [1.82, 2.24) is 0 Å². The van der Waals surface area contributed by atoms with Crippen molar-refractivity contribution in [1.29, 1.82) is 0 Å². The molecule has 3 nitrogen and oxygen atoms in total. The van der Waals surface area contributed by atoms with Crippen molar-refractivity contribution in [2.75, 3.05) is 6.61 Å². The smallest absolute Gasteiger partial charge is 0.308 e. The molecular weight excluding hydrogens is 216 g/mol. The summed E-state index contributed by atoms with van der Waals surface area (Å²) in [6.07, 6.45) is 9.24. The summed E-state index contributed by atoms with van der Waals surface area (Å²) in [7, 11) is 0. The third kappa shape index (κ3) is 11.4. The Morgan fingerprint density at radius 1 is 1.24 bits per heavy atom. The minimum atomic E-state index is -0.610. The molecule has 0 aliphatic carbocycles. The molecular formula is C14H26O3. The molecule has 1 unspecified atom stereocenters. The van der Waals surface area contributed by atoms with E-state index in [2.05, 4.69) is 6.92 Å². The van der Waals surface area contributed by atoms with Gasteiger partial charge in [0.25, 0.3) is 0 Å². The first-order chi connectivity index (χ1) is 8.20. The van der Waals surface area contributed by atoms with E-state index < -0.39 is 6.10 Å². The van der Waals surface area contributed by atoms with Crippen LogP contribution in [0.2, 0.25) is 0 Å². The number of hydrogen-bond acceptors (Lipinski definition) is 3. The second-order valence-electron chi connectivity index (χ2n) is 4.25. The van der Waals surface area contributed by atoms with Crippen LogP contribution in [-0.4, -0.2) is 23.8 Å². The summed E-state index contributed by atoms with van der Waals surface area (Å²) in [6.45, 7) is 4.66. The summed E-state index contributed by atoms with van der Waals surface area (Å²) in [4.78, 5) is 11.3. The highest BCUT2D eigenvalue weighted by Crippen LogP contribution is 2.03. The highest BCUT2D eigenvalue weighted by Gasteiger charge is 2.10. The van der Waals surface area contributed by atoms with Gasteiger partial charge in [-0.25, -0.2) is 0 Å². The molecule has 0 fully saturated rings. The lowest BCUT2D eigenvalue weighted by molar-refractivity contribution is -0.145. The van der Waals surface area contributed by atoms with Gasteiger partial charge < -0.3 is 9.84 Å². The van der Waals surface area contributed by atoms with Crippen LogP contribution in [0.5, 0.6) is 0 Å². The molecule has 0 aliphatic rings. The molecule has 0 amide bonds. The Hall–Kier alpha value is -0.830. The van der Waals surface area contributed by atoms with Crippen LogP contribution < -0.4 is 0 Å². The maximum Gasteiger partial charge on any atom is 0.308 e. The van der Waals surface area contributed by atoms with Gasteiger partial charge in [0.05, 0.1) is 19.1 Å². The van der Waals surface area contributed by atoms with Crippen LogP contribution >= 0.6 is 0 Å². The summed E-state index contributed by atoms with van der Waals surface area (Å²) in [6, 6.07) is 0. The van der Waals surface area contributed by atoms with Gasteiger partial charge in [0, 0.05) is 0 Å². The number of aliphatic hydroxyl groups excluding tert-OH is 1. The molecule has 0 saturated heterocycles. The van der Waals surface area contributed by atoms with Crippen LogP contribution in [-0.2, 0) is 9.53 Å². The van der Waals surface area contributed by atoms with Crippen molar-refractivity contribution in [3.8, 4) is 0 Å². The third-order valence-corrected chi connectivity index (χ3v) is 2.47. The first kappa shape index (κ1) is 16.2. The van der Waals surface area contributed by atoms with Crippen molar-refractivity contribution >= 4 is 5.97 Å². The fraction of sp³-hybridized carbons (Fsp3) is 0.786. The van der Waals surface area contributed by atoms with Gasteiger partial charge in [-0.15, -0.1) is 0 Å². The molecule has 3 heteroatoms. The Morgan fingerprint density at radius 2 is 2.00 bits per heavy atom. The van der Waals surface area contributed by atoms with Crippen molar-refractivity contribution < 1.29 is 14.6 Å². The van der Waals surface area contributed by atoms with E-state index in [1.54, 1.807) is 0 Å².